The van der Waals surface area contributed by atoms with Gasteiger partial charge < -0.3 is 9.47 Å². The van der Waals surface area contributed by atoms with Crippen LogP contribution in [0.3, 0.4) is 0 Å². The third-order valence-corrected chi connectivity index (χ3v) is 2.95. The largest absolute Gasteiger partial charge is 0.497 e. The Morgan fingerprint density at radius 1 is 1.00 bits per heavy atom. The van der Waals surface area contributed by atoms with Crippen molar-refractivity contribution in [3.8, 4) is 11.5 Å². The van der Waals surface area contributed by atoms with Crippen LogP contribution in [-0.4, -0.2) is 18.9 Å². The number of ketones is 1. The van der Waals surface area contributed by atoms with Crippen molar-refractivity contribution >= 4 is 17.8 Å². The average molecular weight is 296 g/mol. The van der Waals surface area contributed by atoms with Crippen molar-refractivity contribution in [2.45, 2.75) is 6.92 Å². The summed E-state index contributed by atoms with van der Waals surface area (Å²) in [7, 11) is 1.60. The fourth-order valence-electron chi connectivity index (χ4n) is 1.89. The minimum atomic E-state index is -0.459. The van der Waals surface area contributed by atoms with E-state index in [0.29, 0.717) is 5.56 Å². The molecule has 0 saturated carbocycles. The van der Waals surface area contributed by atoms with E-state index >= 15 is 0 Å². The first-order chi connectivity index (χ1) is 10.6. The molecule has 4 nitrogen and oxygen atoms in total. The van der Waals surface area contributed by atoms with Gasteiger partial charge in [0, 0.05) is 6.92 Å². The van der Waals surface area contributed by atoms with Crippen LogP contribution in [-0.2, 0) is 4.79 Å². The zero-order valence-corrected chi connectivity index (χ0v) is 12.4. The van der Waals surface area contributed by atoms with Gasteiger partial charge in [-0.25, -0.2) is 0 Å². The highest BCUT2D eigenvalue weighted by molar-refractivity contribution is 6.08. The molecule has 0 N–H and O–H groups in total. The molecule has 4 heteroatoms. The van der Waals surface area contributed by atoms with E-state index in [-0.39, 0.29) is 11.5 Å². The van der Waals surface area contributed by atoms with Crippen LogP contribution in [0.1, 0.15) is 22.8 Å². The fraction of sp³-hybridized carbons (Fsp3) is 0.111. The first-order valence-corrected chi connectivity index (χ1v) is 6.74. The van der Waals surface area contributed by atoms with Gasteiger partial charge in [0.2, 0.25) is 0 Å². The van der Waals surface area contributed by atoms with Crippen molar-refractivity contribution in [2.24, 2.45) is 0 Å². The number of methoxy groups -OCH3 is 1. The van der Waals surface area contributed by atoms with Gasteiger partial charge in [0.25, 0.3) is 0 Å². The quantitative estimate of drug-likeness (QED) is 0.367. The highest BCUT2D eigenvalue weighted by Gasteiger charge is 2.10. The Labute approximate surface area is 129 Å². The molecule has 0 amide bonds. The van der Waals surface area contributed by atoms with Crippen LogP contribution in [0.15, 0.2) is 54.6 Å². The molecular formula is C18H16O4. The Kier molecular flexibility index (Phi) is 5.09. The molecular weight excluding hydrogens is 280 g/mol. The average Bonchev–Trinajstić information content (AvgIpc) is 2.53. The molecule has 0 radical (unpaired) electrons. The Balaban J connectivity index is 2.17. The van der Waals surface area contributed by atoms with E-state index < -0.39 is 5.97 Å². The van der Waals surface area contributed by atoms with E-state index in [9.17, 15) is 9.59 Å². The number of rotatable bonds is 5. The lowest BCUT2D eigenvalue weighted by Gasteiger charge is -2.05. The lowest BCUT2D eigenvalue weighted by molar-refractivity contribution is -0.131. The van der Waals surface area contributed by atoms with Gasteiger partial charge >= 0.3 is 5.97 Å². The molecule has 2 rings (SSSR count). The van der Waals surface area contributed by atoms with Gasteiger partial charge in [0.15, 0.2) is 5.78 Å². The summed E-state index contributed by atoms with van der Waals surface area (Å²) in [5.74, 6) is 0.329. The zero-order chi connectivity index (χ0) is 15.9. The molecule has 0 aromatic heterocycles. The van der Waals surface area contributed by atoms with Crippen LogP contribution in [0, 0.1) is 0 Å². The van der Waals surface area contributed by atoms with Crippen molar-refractivity contribution in [1.82, 2.24) is 0 Å². The minimum Gasteiger partial charge on any atom is -0.497 e. The van der Waals surface area contributed by atoms with E-state index in [1.165, 1.54) is 13.0 Å². The summed E-state index contributed by atoms with van der Waals surface area (Å²) in [5.41, 5.74) is 1.22. The zero-order valence-electron chi connectivity index (χ0n) is 12.4. The summed E-state index contributed by atoms with van der Waals surface area (Å²) in [6.45, 7) is 1.30. The van der Waals surface area contributed by atoms with Gasteiger partial charge in [-0.05, 0) is 35.9 Å². The number of carbonyl (C=O) groups is 2. The second-order valence-corrected chi connectivity index (χ2v) is 4.56. The van der Waals surface area contributed by atoms with E-state index in [1.807, 2.05) is 24.3 Å². The number of ether oxygens (including phenoxy) is 2. The molecule has 0 heterocycles. The van der Waals surface area contributed by atoms with Gasteiger partial charge in [-0.15, -0.1) is 0 Å². The highest BCUT2D eigenvalue weighted by atomic mass is 16.5. The molecule has 0 saturated heterocycles. The van der Waals surface area contributed by atoms with Gasteiger partial charge in [-0.1, -0.05) is 30.3 Å². The molecule has 0 fully saturated rings. The predicted molar refractivity (Wildman–Crippen MR) is 84.1 cm³/mol. The van der Waals surface area contributed by atoms with E-state index in [0.717, 1.165) is 11.3 Å². The first-order valence-electron chi connectivity index (χ1n) is 6.74. The van der Waals surface area contributed by atoms with Gasteiger partial charge in [0.05, 0.1) is 12.7 Å². The van der Waals surface area contributed by atoms with Crippen molar-refractivity contribution in [3.63, 3.8) is 0 Å². The summed E-state index contributed by atoms with van der Waals surface area (Å²) in [6.07, 6.45) is 3.15. The smallest absolute Gasteiger partial charge is 0.308 e. The Bertz CT molecular complexity index is 699. The molecule has 22 heavy (non-hydrogen) atoms. The minimum absolute atomic E-state index is 0.229. The second-order valence-electron chi connectivity index (χ2n) is 4.56. The standard InChI is InChI=1S/C18H16O4/c1-13(19)22-18-6-4-3-5-16(18)17(20)12-9-14-7-10-15(21-2)11-8-14/h3-12H,1-2H3/b12-9+. The first kappa shape index (κ1) is 15.5. The maximum atomic E-state index is 12.2. The fourth-order valence-corrected chi connectivity index (χ4v) is 1.89. The second kappa shape index (κ2) is 7.22. The Morgan fingerprint density at radius 3 is 2.32 bits per heavy atom. The topological polar surface area (TPSA) is 52.6 Å². The monoisotopic (exact) mass is 296 g/mol. The number of hydrogen-bond donors (Lipinski definition) is 0. The van der Waals surface area contributed by atoms with E-state index in [2.05, 4.69) is 0 Å². The molecule has 0 aliphatic heterocycles. The van der Waals surface area contributed by atoms with Crippen molar-refractivity contribution < 1.29 is 19.1 Å². The van der Waals surface area contributed by atoms with Gasteiger partial charge in [0.1, 0.15) is 11.5 Å². The lowest BCUT2D eigenvalue weighted by Crippen LogP contribution is -2.06. The van der Waals surface area contributed by atoms with Crippen molar-refractivity contribution in [3.05, 3.63) is 65.7 Å². The van der Waals surface area contributed by atoms with Crippen LogP contribution in [0.25, 0.3) is 6.08 Å². The van der Waals surface area contributed by atoms with Crippen molar-refractivity contribution in [2.75, 3.05) is 7.11 Å². The maximum absolute atomic E-state index is 12.2. The lowest BCUT2D eigenvalue weighted by atomic mass is 10.1. The molecule has 0 spiro atoms. The number of hydrogen-bond acceptors (Lipinski definition) is 4. The number of para-hydroxylation sites is 1. The number of carbonyl (C=O) groups excluding carboxylic acids is 2. The number of benzene rings is 2. The molecule has 0 bridgehead atoms. The van der Waals surface area contributed by atoms with Crippen LogP contribution in [0.5, 0.6) is 11.5 Å². The molecule has 2 aromatic rings. The van der Waals surface area contributed by atoms with Crippen molar-refractivity contribution in [1.29, 1.82) is 0 Å². The maximum Gasteiger partial charge on any atom is 0.308 e. The molecule has 0 aliphatic rings. The molecule has 0 atom stereocenters. The molecule has 0 aliphatic carbocycles. The third-order valence-electron chi connectivity index (χ3n) is 2.95. The van der Waals surface area contributed by atoms with Crippen LogP contribution < -0.4 is 9.47 Å². The summed E-state index contributed by atoms with van der Waals surface area (Å²) in [5, 5.41) is 0. The molecule has 2 aromatic carbocycles. The number of esters is 1. The SMILES string of the molecule is COc1ccc(/C=C/C(=O)c2ccccc2OC(C)=O)cc1. The van der Waals surface area contributed by atoms with Crippen LogP contribution >= 0.6 is 0 Å². The summed E-state index contributed by atoms with van der Waals surface area (Å²) < 4.78 is 10.1. The summed E-state index contributed by atoms with van der Waals surface area (Å²) in [6, 6.07) is 14.0. The number of allylic oxidation sites excluding steroid dienone is 1. The van der Waals surface area contributed by atoms with E-state index in [4.69, 9.17) is 9.47 Å². The van der Waals surface area contributed by atoms with Crippen LogP contribution in [0.2, 0.25) is 0 Å². The Morgan fingerprint density at radius 2 is 1.68 bits per heavy atom. The normalized spacial score (nSPS) is 10.5. The molecule has 112 valence electrons. The van der Waals surface area contributed by atoms with Gasteiger partial charge in [-0.3, -0.25) is 9.59 Å². The highest BCUT2D eigenvalue weighted by Crippen LogP contribution is 2.20. The van der Waals surface area contributed by atoms with Crippen LogP contribution in [0.4, 0.5) is 0 Å². The summed E-state index contributed by atoms with van der Waals surface area (Å²) in [4.78, 5) is 23.3. The van der Waals surface area contributed by atoms with E-state index in [1.54, 1.807) is 37.5 Å². The molecule has 0 unspecified atom stereocenters. The third kappa shape index (κ3) is 4.06. The summed E-state index contributed by atoms with van der Waals surface area (Å²) >= 11 is 0. The van der Waals surface area contributed by atoms with Gasteiger partial charge in [-0.2, -0.15) is 0 Å². The Hall–Kier alpha value is -2.88. The predicted octanol–water partition coefficient (Wildman–Crippen LogP) is 3.52.